The van der Waals surface area contributed by atoms with Gasteiger partial charge in [0, 0.05) is 6.42 Å². The SMILES string of the molecule is CCCCCCCCCCCCCCCCCCCCCCCCCCCCCC/C=C/C(O)C(COP(=O)([O-])OCC[N+](C)(C)C)NC(=O)CCCC. The van der Waals surface area contributed by atoms with Gasteiger partial charge in [-0.3, -0.25) is 9.36 Å². The summed E-state index contributed by atoms with van der Waals surface area (Å²) in [4.78, 5) is 24.6. The zero-order chi connectivity index (χ0) is 40.0. The molecule has 0 spiro atoms. The van der Waals surface area contributed by atoms with Gasteiger partial charge >= 0.3 is 0 Å². The zero-order valence-corrected chi connectivity index (χ0v) is 37.3. The number of hydrogen-bond acceptors (Lipinski definition) is 6. The molecule has 0 aliphatic carbocycles. The summed E-state index contributed by atoms with van der Waals surface area (Å²) in [5.41, 5.74) is 0. The molecule has 8 nitrogen and oxygen atoms in total. The maximum Gasteiger partial charge on any atom is 0.268 e. The second kappa shape index (κ2) is 37.8. The minimum atomic E-state index is -4.56. The molecule has 1 amide bonds. The Bertz CT molecular complexity index is 896. The van der Waals surface area contributed by atoms with Crippen LogP contribution in [0.1, 0.15) is 219 Å². The third kappa shape index (κ3) is 39.5. The number of rotatable bonds is 42. The van der Waals surface area contributed by atoms with E-state index in [9.17, 15) is 19.4 Å². The molecule has 0 fully saturated rings. The second-order valence-electron chi connectivity index (χ2n) is 17.1. The Morgan fingerprint density at radius 2 is 1.00 bits per heavy atom. The highest BCUT2D eigenvalue weighted by Crippen LogP contribution is 2.38. The van der Waals surface area contributed by atoms with Crippen LogP contribution in [0.3, 0.4) is 0 Å². The van der Waals surface area contributed by atoms with Crippen LogP contribution in [0.25, 0.3) is 0 Å². The van der Waals surface area contributed by atoms with Crippen molar-refractivity contribution < 1.29 is 32.9 Å². The summed E-state index contributed by atoms with van der Waals surface area (Å²) in [6.45, 7) is 4.41. The molecule has 322 valence electrons. The number of hydrogen-bond donors (Lipinski definition) is 2. The molecule has 3 atom stereocenters. The lowest BCUT2D eigenvalue weighted by Gasteiger charge is -2.29. The van der Waals surface area contributed by atoms with E-state index in [-0.39, 0.29) is 19.1 Å². The Kier molecular flexibility index (Phi) is 37.3. The smallest absolute Gasteiger partial charge is 0.268 e. The van der Waals surface area contributed by atoms with E-state index < -0.39 is 20.0 Å². The summed E-state index contributed by atoms with van der Waals surface area (Å²) in [6, 6.07) is -0.876. The van der Waals surface area contributed by atoms with Gasteiger partial charge in [-0.15, -0.1) is 0 Å². The van der Waals surface area contributed by atoms with E-state index >= 15 is 0 Å². The Hall–Kier alpha value is -0.760. The number of allylic oxidation sites excluding steroid dienone is 1. The van der Waals surface area contributed by atoms with Gasteiger partial charge in [-0.2, -0.15) is 0 Å². The minimum absolute atomic E-state index is 0.0000709. The van der Waals surface area contributed by atoms with Crippen LogP contribution < -0.4 is 10.2 Å². The van der Waals surface area contributed by atoms with E-state index in [0.717, 1.165) is 32.1 Å². The van der Waals surface area contributed by atoms with Crippen molar-refractivity contribution >= 4 is 13.7 Å². The predicted octanol–water partition coefficient (Wildman–Crippen LogP) is 12.1. The molecule has 0 aliphatic heterocycles. The van der Waals surface area contributed by atoms with Crippen molar-refractivity contribution in [3.05, 3.63) is 12.2 Å². The molecular weight excluding hydrogens is 695 g/mol. The van der Waals surface area contributed by atoms with Crippen LogP contribution in [0.15, 0.2) is 12.2 Å². The maximum absolute atomic E-state index is 12.4. The van der Waals surface area contributed by atoms with Crippen LogP contribution in [0, 0.1) is 0 Å². The van der Waals surface area contributed by atoms with Crippen molar-refractivity contribution in [1.29, 1.82) is 0 Å². The van der Waals surface area contributed by atoms with Gasteiger partial charge in [0.1, 0.15) is 13.2 Å². The summed E-state index contributed by atoms with van der Waals surface area (Å²) in [5.74, 6) is -0.231. The topological polar surface area (TPSA) is 108 Å². The molecule has 0 saturated heterocycles. The second-order valence-corrected chi connectivity index (χ2v) is 18.5. The molecule has 0 aromatic carbocycles. The van der Waals surface area contributed by atoms with Gasteiger partial charge in [0.05, 0.1) is 39.9 Å². The van der Waals surface area contributed by atoms with E-state index in [2.05, 4.69) is 12.2 Å². The molecule has 0 heterocycles. The first-order chi connectivity index (χ1) is 26.0. The predicted molar refractivity (Wildman–Crippen MR) is 229 cm³/mol. The summed E-state index contributed by atoms with van der Waals surface area (Å²) in [7, 11) is 1.26. The van der Waals surface area contributed by atoms with E-state index in [4.69, 9.17) is 9.05 Å². The minimum Gasteiger partial charge on any atom is -0.756 e. The number of carbonyl (C=O) groups excluding carboxylic acids is 1. The lowest BCUT2D eigenvalue weighted by molar-refractivity contribution is -0.870. The fourth-order valence-electron chi connectivity index (χ4n) is 6.78. The molecule has 54 heavy (non-hydrogen) atoms. The monoisotopic (exact) mass is 787 g/mol. The van der Waals surface area contributed by atoms with Gasteiger partial charge in [-0.05, 0) is 19.3 Å². The number of unbranched alkanes of at least 4 members (excludes halogenated alkanes) is 29. The summed E-state index contributed by atoms with van der Waals surface area (Å²) in [5, 5.41) is 13.5. The summed E-state index contributed by atoms with van der Waals surface area (Å²) < 4.78 is 22.9. The van der Waals surface area contributed by atoms with E-state index in [1.807, 2.05) is 34.1 Å². The normalized spacial score (nSPS) is 14.4. The lowest BCUT2D eigenvalue weighted by Crippen LogP contribution is -2.45. The molecule has 0 bridgehead atoms. The average molecular weight is 787 g/mol. The summed E-state index contributed by atoms with van der Waals surface area (Å²) >= 11 is 0. The number of amides is 1. The van der Waals surface area contributed by atoms with Crippen LogP contribution in [0.4, 0.5) is 0 Å². The molecule has 0 aromatic rings. The van der Waals surface area contributed by atoms with Crippen LogP contribution in [-0.4, -0.2) is 68.5 Å². The van der Waals surface area contributed by atoms with E-state index in [1.165, 1.54) is 167 Å². The number of carbonyl (C=O) groups is 1. The van der Waals surface area contributed by atoms with Gasteiger partial charge in [-0.1, -0.05) is 206 Å². The highest BCUT2D eigenvalue weighted by Gasteiger charge is 2.23. The fraction of sp³-hybridized carbons (Fsp3) is 0.933. The highest BCUT2D eigenvalue weighted by atomic mass is 31.2. The number of quaternary nitrogens is 1. The third-order valence-corrected chi connectivity index (χ3v) is 11.5. The van der Waals surface area contributed by atoms with Gasteiger partial charge in [-0.25, -0.2) is 0 Å². The van der Waals surface area contributed by atoms with Crippen molar-refractivity contribution in [3.8, 4) is 0 Å². The van der Waals surface area contributed by atoms with Crippen molar-refractivity contribution in [3.63, 3.8) is 0 Å². The van der Waals surface area contributed by atoms with Gasteiger partial charge in [0.2, 0.25) is 5.91 Å². The van der Waals surface area contributed by atoms with Gasteiger partial charge in [0.25, 0.3) is 7.82 Å². The number of aliphatic hydroxyl groups excluding tert-OH is 1. The van der Waals surface area contributed by atoms with Crippen LogP contribution >= 0.6 is 7.82 Å². The van der Waals surface area contributed by atoms with E-state index in [1.54, 1.807) is 6.08 Å². The van der Waals surface area contributed by atoms with E-state index in [0.29, 0.717) is 17.4 Å². The molecule has 0 saturated carbocycles. The summed E-state index contributed by atoms with van der Waals surface area (Å²) in [6.07, 6.45) is 44.1. The molecule has 2 N–H and O–H groups in total. The molecule has 3 unspecified atom stereocenters. The lowest BCUT2D eigenvalue weighted by atomic mass is 10.0. The van der Waals surface area contributed by atoms with Crippen LogP contribution in [0.2, 0.25) is 0 Å². The molecule has 0 rings (SSSR count). The largest absolute Gasteiger partial charge is 0.756 e. The highest BCUT2D eigenvalue weighted by molar-refractivity contribution is 7.45. The Labute approximate surface area is 335 Å². The Morgan fingerprint density at radius 3 is 1.37 bits per heavy atom. The Balaban J connectivity index is 3.77. The molecule has 0 aromatic heterocycles. The molecular formula is C45H91N2O6P. The quantitative estimate of drug-likeness (QED) is 0.0276. The number of aliphatic hydroxyl groups is 1. The number of phosphoric acid groups is 1. The molecule has 9 heteroatoms. The Morgan fingerprint density at radius 1 is 0.630 bits per heavy atom. The number of likely N-dealkylation sites (N-methyl/N-ethyl adjacent to an activating group) is 1. The van der Waals surface area contributed by atoms with Crippen molar-refractivity contribution in [1.82, 2.24) is 5.32 Å². The number of nitrogens with zero attached hydrogens (tertiary/aromatic N) is 1. The van der Waals surface area contributed by atoms with Crippen molar-refractivity contribution in [2.24, 2.45) is 0 Å². The third-order valence-electron chi connectivity index (χ3n) is 10.5. The zero-order valence-electron chi connectivity index (χ0n) is 36.4. The fourth-order valence-corrected chi connectivity index (χ4v) is 7.50. The maximum atomic E-state index is 12.4. The van der Waals surface area contributed by atoms with Crippen molar-refractivity contribution in [2.45, 2.75) is 231 Å². The molecule has 0 radical (unpaired) electrons. The van der Waals surface area contributed by atoms with Gasteiger partial charge < -0.3 is 28.8 Å². The van der Waals surface area contributed by atoms with Gasteiger partial charge in [0.15, 0.2) is 0 Å². The van der Waals surface area contributed by atoms with Crippen LogP contribution in [-0.2, 0) is 18.4 Å². The first-order valence-corrected chi connectivity index (χ1v) is 24.5. The molecule has 0 aliphatic rings. The standard InChI is InChI=1S/C45H91N2O6P/c1-6-8-10-11-12-13-14-15-16-17-18-19-20-21-22-23-24-25-26-27-28-29-30-31-32-33-34-35-36-37-38-44(48)43(46-45(49)39-9-7-2)42-53-54(50,51)52-41-40-47(3,4)5/h37-38,43-44,48H,6-36,39-42H2,1-5H3,(H-,46,49,50,51)/b38-37+. The first kappa shape index (κ1) is 53.2. The van der Waals surface area contributed by atoms with Crippen LogP contribution in [0.5, 0.6) is 0 Å². The first-order valence-electron chi connectivity index (χ1n) is 23.1. The van der Waals surface area contributed by atoms with Crippen molar-refractivity contribution in [2.75, 3.05) is 40.9 Å². The average Bonchev–Trinajstić information content (AvgIpc) is 3.12. The number of nitrogens with one attached hydrogen (secondary N) is 1. The number of phosphoric ester groups is 1.